The minimum atomic E-state index is -0.640. The average Bonchev–Trinajstić information content (AvgIpc) is 3.51. The minimum Gasteiger partial charge on any atom is -0.397 e. The molecular formula is C42H48N6O6. The van der Waals surface area contributed by atoms with E-state index in [2.05, 4.69) is 37.9 Å². The standard InChI is InChI=1S/C42H48N6O6/c43-35-9-4-5-10-36(35)46-39(51)12-6-11-38(50)45-32-19-17-31(18-20-32)40-53-34(25-37(54-40)30-15-13-29(27-49)14-16-30)26-47-23-21-42(22-24-47)41(52)44-28-48(42)33-7-2-1-3-8-33/h1-5,7-10,13-20,34,37,40,49H,6,11-12,21-28,43H2,(H,44,52)(H,45,50)(H,46,51). The van der Waals surface area contributed by atoms with Gasteiger partial charge in [-0.2, -0.15) is 0 Å². The van der Waals surface area contributed by atoms with Crippen LogP contribution in [-0.4, -0.2) is 65.7 Å². The normalized spacial score (nSPS) is 21.1. The van der Waals surface area contributed by atoms with Crippen molar-refractivity contribution in [1.82, 2.24) is 10.2 Å². The summed E-state index contributed by atoms with van der Waals surface area (Å²) in [6, 6.07) is 32.5. The van der Waals surface area contributed by atoms with Crippen LogP contribution in [0.15, 0.2) is 103 Å². The molecule has 0 bridgehead atoms. The Bertz CT molecular complexity index is 1900. The number of carbonyl (C=O) groups is 3. The van der Waals surface area contributed by atoms with Crippen molar-refractivity contribution in [1.29, 1.82) is 0 Å². The van der Waals surface area contributed by atoms with E-state index in [1.807, 2.05) is 66.7 Å². The molecular weight excluding hydrogens is 684 g/mol. The smallest absolute Gasteiger partial charge is 0.247 e. The Balaban J connectivity index is 0.963. The number of hydrogen-bond acceptors (Lipinski definition) is 9. The zero-order chi connectivity index (χ0) is 37.5. The SMILES string of the molecule is Nc1ccccc1NC(=O)CCCC(=O)Nc1ccc(C2OC(CN3CCC4(CC3)C(=O)NCN4c3ccccc3)CC(c3ccc(CO)cc3)O2)cc1. The summed E-state index contributed by atoms with van der Waals surface area (Å²) in [5.41, 5.74) is 10.7. The van der Waals surface area contributed by atoms with E-state index in [1.165, 1.54) is 0 Å². The van der Waals surface area contributed by atoms with Gasteiger partial charge in [0.15, 0.2) is 6.29 Å². The minimum absolute atomic E-state index is 0.0294. The lowest BCUT2D eigenvalue weighted by Crippen LogP contribution is -2.57. The van der Waals surface area contributed by atoms with E-state index in [9.17, 15) is 19.5 Å². The summed E-state index contributed by atoms with van der Waals surface area (Å²) in [5.74, 6) is -0.285. The van der Waals surface area contributed by atoms with Gasteiger partial charge in [-0.25, -0.2) is 0 Å². The highest BCUT2D eigenvalue weighted by atomic mass is 16.7. The molecule has 0 saturated carbocycles. The van der Waals surface area contributed by atoms with E-state index in [1.54, 1.807) is 24.3 Å². The third kappa shape index (κ3) is 8.58. The summed E-state index contributed by atoms with van der Waals surface area (Å²) in [5, 5.41) is 18.4. The maximum atomic E-state index is 13.2. The number of nitrogens with one attached hydrogen (secondary N) is 3. The van der Waals surface area contributed by atoms with Gasteiger partial charge in [-0.1, -0.05) is 66.7 Å². The second kappa shape index (κ2) is 16.8. The molecule has 3 saturated heterocycles. The summed E-state index contributed by atoms with van der Waals surface area (Å²) in [6.45, 7) is 2.70. The lowest BCUT2D eigenvalue weighted by atomic mass is 9.85. The monoisotopic (exact) mass is 732 g/mol. The first kappa shape index (κ1) is 37.1. The molecule has 4 aromatic rings. The van der Waals surface area contributed by atoms with Crippen molar-refractivity contribution >= 4 is 40.5 Å². The number of aliphatic hydroxyl groups excluding tert-OH is 1. The summed E-state index contributed by atoms with van der Waals surface area (Å²) < 4.78 is 13.2. The van der Waals surface area contributed by atoms with Crippen molar-refractivity contribution in [2.45, 2.75) is 69.2 Å². The van der Waals surface area contributed by atoms with Crippen LogP contribution < -0.4 is 26.6 Å². The van der Waals surface area contributed by atoms with Gasteiger partial charge in [0.2, 0.25) is 17.7 Å². The third-order valence-electron chi connectivity index (χ3n) is 10.7. The van der Waals surface area contributed by atoms with Gasteiger partial charge in [-0.3, -0.25) is 14.4 Å². The number of aliphatic hydroxyl groups is 1. The van der Waals surface area contributed by atoms with Crippen LogP contribution in [0.4, 0.5) is 22.7 Å². The molecule has 3 heterocycles. The molecule has 3 atom stereocenters. The van der Waals surface area contributed by atoms with Crippen molar-refractivity contribution in [3.63, 3.8) is 0 Å². The molecule has 54 heavy (non-hydrogen) atoms. The Morgan fingerprint density at radius 3 is 2.20 bits per heavy atom. The largest absolute Gasteiger partial charge is 0.397 e. The fourth-order valence-corrected chi connectivity index (χ4v) is 7.64. The van der Waals surface area contributed by atoms with Crippen LogP contribution in [0.1, 0.15) is 67.6 Å². The number of ether oxygens (including phenoxy) is 2. The zero-order valence-corrected chi connectivity index (χ0v) is 30.3. The number of nitrogen functional groups attached to an aromatic ring is 1. The summed E-state index contributed by atoms with van der Waals surface area (Å²) >= 11 is 0. The lowest BCUT2D eigenvalue weighted by molar-refractivity contribution is -0.253. The first-order chi connectivity index (χ1) is 26.3. The molecule has 3 aliphatic rings. The molecule has 7 rings (SSSR count). The first-order valence-electron chi connectivity index (χ1n) is 18.7. The molecule has 282 valence electrons. The second-order valence-corrected chi connectivity index (χ2v) is 14.3. The van der Waals surface area contributed by atoms with E-state index < -0.39 is 11.8 Å². The van der Waals surface area contributed by atoms with Crippen LogP contribution in [0, 0.1) is 0 Å². The van der Waals surface area contributed by atoms with Gasteiger partial charge in [0, 0.05) is 55.8 Å². The molecule has 3 unspecified atom stereocenters. The first-order valence-corrected chi connectivity index (χ1v) is 18.7. The van der Waals surface area contributed by atoms with Gasteiger partial charge < -0.3 is 46.1 Å². The Labute approximate surface area is 315 Å². The van der Waals surface area contributed by atoms with Crippen molar-refractivity contribution < 1.29 is 29.0 Å². The Hall–Kier alpha value is -5.27. The van der Waals surface area contributed by atoms with E-state index >= 15 is 0 Å². The highest BCUT2D eigenvalue weighted by molar-refractivity contribution is 5.95. The van der Waals surface area contributed by atoms with E-state index in [0.717, 1.165) is 48.3 Å². The van der Waals surface area contributed by atoms with Gasteiger partial charge >= 0.3 is 0 Å². The number of piperidine rings is 1. The van der Waals surface area contributed by atoms with Crippen LogP contribution in [0.25, 0.3) is 0 Å². The highest BCUT2D eigenvalue weighted by Crippen LogP contribution is 2.40. The second-order valence-electron chi connectivity index (χ2n) is 14.3. The number of nitrogens with zero attached hydrogens (tertiary/aromatic N) is 2. The quantitative estimate of drug-likeness (QED) is 0.119. The predicted molar refractivity (Wildman–Crippen MR) is 207 cm³/mol. The number of hydrogen-bond donors (Lipinski definition) is 5. The number of nitrogens with two attached hydrogens (primary N) is 1. The average molecular weight is 733 g/mol. The molecule has 3 amide bonds. The van der Waals surface area contributed by atoms with Crippen LogP contribution in [0.5, 0.6) is 0 Å². The fraction of sp³-hybridized carbons (Fsp3) is 0.357. The van der Waals surface area contributed by atoms with E-state index in [4.69, 9.17) is 15.2 Å². The van der Waals surface area contributed by atoms with Crippen LogP contribution in [0.3, 0.4) is 0 Å². The number of carbonyl (C=O) groups excluding carboxylic acids is 3. The zero-order valence-electron chi connectivity index (χ0n) is 30.3. The Morgan fingerprint density at radius 1 is 0.833 bits per heavy atom. The topological polar surface area (TPSA) is 158 Å². The van der Waals surface area contributed by atoms with Crippen LogP contribution in [0.2, 0.25) is 0 Å². The lowest BCUT2D eigenvalue weighted by Gasteiger charge is -2.45. The Kier molecular flexibility index (Phi) is 11.5. The molecule has 0 radical (unpaired) electrons. The number of rotatable bonds is 12. The number of anilines is 4. The summed E-state index contributed by atoms with van der Waals surface area (Å²) in [4.78, 5) is 42.9. The van der Waals surface area contributed by atoms with Crippen molar-refractivity contribution in [3.8, 4) is 0 Å². The molecule has 6 N–H and O–H groups in total. The molecule has 12 nitrogen and oxygen atoms in total. The van der Waals surface area contributed by atoms with Crippen molar-refractivity contribution in [2.75, 3.05) is 47.6 Å². The molecule has 4 aromatic carbocycles. The third-order valence-corrected chi connectivity index (χ3v) is 10.7. The molecule has 3 fully saturated rings. The molecule has 0 aliphatic carbocycles. The molecule has 1 spiro atoms. The summed E-state index contributed by atoms with van der Waals surface area (Å²) in [7, 11) is 0. The maximum absolute atomic E-state index is 13.2. The van der Waals surface area contributed by atoms with Gasteiger partial charge in [-0.05, 0) is 66.8 Å². The number of para-hydroxylation sites is 3. The maximum Gasteiger partial charge on any atom is 0.247 e. The fourth-order valence-electron chi connectivity index (χ4n) is 7.64. The summed E-state index contributed by atoms with van der Waals surface area (Å²) in [6.07, 6.45) is 1.85. The predicted octanol–water partition coefficient (Wildman–Crippen LogP) is 5.48. The molecule has 12 heteroatoms. The number of likely N-dealkylation sites (tertiary alicyclic amines) is 1. The van der Waals surface area contributed by atoms with Gasteiger partial charge in [0.1, 0.15) is 5.54 Å². The van der Waals surface area contributed by atoms with Crippen LogP contribution >= 0.6 is 0 Å². The number of benzene rings is 4. The van der Waals surface area contributed by atoms with Crippen LogP contribution in [-0.2, 0) is 30.5 Å². The highest BCUT2D eigenvalue weighted by Gasteiger charge is 2.50. The van der Waals surface area contributed by atoms with Crippen molar-refractivity contribution in [2.24, 2.45) is 0 Å². The van der Waals surface area contributed by atoms with Crippen molar-refractivity contribution in [3.05, 3.63) is 120 Å². The van der Waals surface area contributed by atoms with Gasteiger partial charge in [0.25, 0.3) is 0 Å². The Morgan fingerprint density at radius 2 is 1.50 bits per heavy atom. The van der Waals surface area contributed by atoms with Gasteiger partial charge in [-0.15, -0.1) is 0 Å². The molecule has 0 aromatic heterocycles. The van der Waals surface area contributed by atoms with E-state index in [-0.39, 0.29) is 49.4 Å². The number of amides is 3. The molecule has 3 aliphatic heterocycles. The van der Waals surface area contributed by atoms with Gasteiger partial charge in [0.05, 0.1) is 36.9 Å². The van der Waals surface area contributed by atoms with E-state index in [0.29, 0.717) is 43.1 Å².